The largest absolute Gasteiger partial charge is 0.377 e. The van der Waals surface area contributed by atoms with Gasteiger partial charge in [0.25, 0.3) is 0 Å². The van der Waals surface area contributed by atoms with E-state index in [2.05, 4.69) is 39.3 Å². The molecular formula is C12H17N5O2. The van der Waals surface area contributed by atoms with E-state index in [9.17, 15) is 0 Å². The number of ether oxygens (including phenoxy) is 1. The molecular weight excluding hydrogens is 246 g/mol. The minimum atomic E-state index is 0.342. The normalized spacial score (nSPS) is 10.9. The van der Waals surface area contributed by atoms with Crippen LogP contribution in [0.15, 0.2) is 16.9 Å². The Morgan fingerprint density at radius 3 is 2.95 bits per heavy atom. The highest BCUT2D eigenvalue weighted by atomic mass is 16.5. The second-order valence-electron chi connectivity index (χ2n) is 4.37. The Labute approximate surface area is 111 Å². The first-order valence-corrected chi connectivity index (χ1v) is 6.05. The first-order valence-electron chi connectivity index (χ1n) is 6.05. The van der Waals surface area contributed by atoms with E-state index < -0.39 is 0 Å². The highest BCUT2D eigenvalue weighted by Crippen LogP contribution is 2.14. The summed E-state index contributed by atoms with van der Waals surface area (Å²) >= 11 is 0. The maximum atomic E-state index is 5.07. The molecule has 0 saturated carbocycles. The molecule has 0 aliphatic carbocycles. The zero-order valence-corrected chi connectivity index (χ0v) is 11.3. The molecule has 2 heterocycles. The molecule has 0 radical (unpaired) electrons. The summed E-state index contributed by atoms with van der Waals surface area (Å²) in [5.41, 5.74) is 0.989. The Hall–Kier alpha value is -2.02. The maximum absolute atomic E-state index is 5.07. The summed E-state index contributed by atoms with van der Waals surface area (Å²) < 4.78 is 9.99. The number of hydrogen-bond donors (Lipinski definition) is 1. The van der Waals surface area contributed by atoms with Crippen LogP contribution in [0.1, 0.15) is 37.2 Å². The summed E-state index contributed by atoms with van der Waals surface area (Å²) in [6, 6.07) is 1.91. The minimum Gasteiger partial charge on any atom is -0.377 e. The van der Waals surface area contributed by atoms with E-state index in [1.165, 1.54) is 0 Å². The fourth-order valence-corrected chi connectivity index (χ4v) is 1.50. The third kappa shape index (κ3) is 3.72. The fourth-order valence-electron chi connectivity index (χ4n) is 1.50. The van der Waals surface area contributed by atoms with Crippen molar-refractivity contribution < 1.29 is 9.26 Å². The second kappa shape index (κ2) is 6.24. The Kier molecular flexibility index (Phi) is 4.40. The van der Waals surface area contributed by atoms with Gasteiger partial charge in [0, 0.05) is 18.9 Å². The highest BCUT2D eigenvalue weighted by molar-refractivity contribution is 5.35. The molecule has 19 heavy (non-hydrogen) atoms. The van der Waals surface area contributed by atoms with Gasteiger partial charge in [0.1, 0.15) is 18.8 Å². The summed E-state index contributed by atoms with van der Waals surface area (Å²) in [4.78, 5) is 12.5. The van der Waals surface area contributed by atoms with Crippen LogP contribution in [-0.2, 0) is 17.9 Å². The zero-order chi connectivity index (χ0) is 13.7. The van der Waals surface area contributed by atoms with E-state index in [0.29, 0.717) is 30.8 Å². The molecule has 7 heteroatoms. The van der Waals surface area contributed by atoms with Crippen molar-refractivity contribution in [1.82, 2.24) is 20.1 Å². The Morgan fingerprint density at radius 2 is 2.21 bits per heavy atom. The molecule has 0 unspecified atom stereocenters. The lowest BCUT2D eigenvalue weighted by Crippen LogP contribution is -2.04. The number of hydrogen-bond acceptors (Lipinski definition) is 7. The average molecular weight is 263 g/mol. The molecule has 2 aromatic heterocycles. The standard InChI is InChI=1S/C12H17N5O2/c1-8(2)9-4-10(15-7-14-9)13-5-12-16-11(6-18-3)17-19-12/h4,7-8H,5-6H2,1-3H3,(H,13,14,15). The molecule has 7 nitrogen and oxygen atoms in total. The summed E-state index contributed by atoms with van der Waals surface area (Å²) in [5, 5.41) is 6.90. The molecule has 102 valence electrons. The Bertz CT molecular complexity index is 526. The Balaban J connectivity index is 1.95. The minimum absolute atomic E-state index is 0.342. The SMILES string of the molecule is COCc1noc(CNc2cc(C(C)C)ncn2)n1. The van der Waals surface area contributed by atoms with Crippen LogP contribution in [-0.4, -0.2) is 27.2 Å². The van der Waals surface area contributed by atoms with E-state index >= 15 is 0 Å². The highest BCUT2D eigenvalue weighted by Gasteiger charge is 2.07. The van der Waals surface area contributed by atoms with Crippen LogP contribution in [0.4, 0.5) is 5.82 Å². The van der Waals surface area contributed by atoms with E-state index in [4.69, 9.17) is 9.26 Å². The molecule has 0 aliphatic heterocycles. The molecule has 0 saturated heterocycles. The quantitative estimate of drug-likeness (QED) is 0.849. The second-order valence-corrected chi connectivity index (χ2v) is 4.37. The molecule has 0 aliphatic rings. The summed E-state index contributed by atoms with van der Waals surface area (Å²) in [6.45, 7) is 4.93. The van der Waals surface area contributed by atoms with E-state index in [1.807, 2.05) is 6.07 Å². The van der Waals surface area contributed by atoms with Gasteiger partial charge < -0.3 is 14.6 Å². The van der Waals surface area contributed by atoms with Gasteiger partial charge in [-0.25, -0.2) is 9.97 Å². The summed E-state index contributed by atoms with van der Waals surface area (Å²) in [7, 11) is 1.59. The number of anilines is 1. The average Bonchev–Trinajstić information content (AvgIpc) is 2.85. The van der Waals surface area contributed by atoms with Crippen LogP contribution in [0.2, 0.25) is 0 Å². The number of methoxy groups -OCH3 is 1. The molecule has 2 rings (SSSR count). The van der Waals surface area contributed by atoms with Gasteiger partial charge >= 0.3 is 0 Å². The smallest absolute Gasteiger partial charge is 0.246 e. The van der Waals surface area contributed by atoms with Gasteiger partial charge in [0.2, 0.25) is 5.89 Å². The van der Waals surface area contributed by atoms with Crippen molar-refractivity contribution in [3.63, 3.8) is 0 Å². The first kappa shape index (κ1) is 13.4. The van der Waals surface area contributed by atoms with Gasteiger partial charge in [-0.2, -0.15) is 4.98 Å². The third-order valence-electron chi connectivity index (χ3n) is 2.48. The molecule has 0 atom stereocenters. The van der Waals surface area contributed by atoms with Gasteiger partial charge in [-0.1, -0.05) is 19.0 Å². The van der Waals surface area contributed by atoms with Crippen molar-refractivity contribution in [2.75, 3.05) is 12.4 Å². The van der Waals surface area contributed by atoms with Crippen LogP contribution in [0.25, 0.3) is 0 Å². The van der Waals surface area contributed by atoms with Crippen molar-refractivity contribution in [2.45, 2.75) is 32.9 Å². The first-order chi connectivity index (χ1) is 9.19. The monoisotopic (exact) mass is 263 g/mol. The van der Waals surface area contributed by atoms with Gasteiger partial charge in [-0.15, -0.1) is 0 Å². The zero-order valence-electron chi connectivity index (χ0n) is 11.3. The molecule has 0 amide bonds. The number of rotatable bonds is 6. The maximum Gasteiger partial charge on any atom is 0.246 e. The van der Waals surface area contributed by atoms with Gasteiger partial charge in [-0.3, -0.25) is 0 Å². The lowest BCUT2D eigenvalue weighted by molar-refractivity contribution is 0.174. The van der Waals surface area contributed by atoms with E-state index in [0.717, 1.165) is 11.5 Å². The number of aromatic nitrogens is 4. The van der Waals surface area contributed by atoms with Gasteiger partial charge in [0.05, 0.1) is 6.54 Å². The van der Waals surface area contributed by atoms with Crippen molar-refractivity contribution in [2.24, 2.45) is 0 Å². The lowest BCUT2D eigenvalue weighted by atomic mass is 10.1. The van der Waals surface area contributed by atoms with Crippen molar-refractivity contribution in [3.05, 3.63) is 29.8 Å². The van der Waals surface area contributed by atoms with Gasteiger partial charge in [-0.05, 0) is 5.92 Å². The molecule has 0 bridgehead atoms. The molecule has 0 aromatic carbocycles. The van der Waals surface area contributed by atoms with E-state index in [1.54, 1.807) is 13.4 Å². The van der Waals surface area contributed by atoms with Crippen LogP contribution >= 0.6 is 0 Å². The van der Waals surface area contributed by atoms with Crippen LogP contribution in [0.3, 0.4) is 0 Å². The molecule has 0 spiro atoms. The van der Waals surface area contributed by atoms with Crippen molar-refractivity contribution >= 4 is 5.82 Å². The predicted octanol–water partition coefficient (Wildman–Crippen LogP) is 1.74. The van der Waals surface area contributed by atoms with Crippen molar-refractivity contribution in [3.8, 4) is 0 Å². The van der Waals surface area contributed by atoms with Gasteiger partial charge in [0.15, 0.2) is 5.82 Å². The third-order valence-corrected chi connectivity index (χ3v) is 2.48. The molecule has 1 N–H and O–H groups in total. The number of nitrogens with one attached hydrogen (secondary N) is 1. The molecule has 0 fully saturated rings. The Morgan fingerprint density at radius 1 is 1.37 bits per heavy atom. The summed E-state index contributed by atoms with van der Waals surface area (Å²) in [6.07, 6.45) is 1.54. The fraction of sp³-hybridized carbons (Fsp3) is 0.500. The topological polar surface area (TPSA) is 86.0 Å². The van der Waals surface area contributed by atoms with Crippen LogP contribution in [0.5, 0.6) is 0 Å². The summed E-state index contributed by atoms with van der Waals surface area (Å²) in [5.74, 6) is 2.13. The van der Waals surface area contributed by atoms with Crippen LogP contribution < -0.4 is 5.32 Å². The van der Waals surface area contributed by atoms with Crippen molar-refractivity contribution in [1.29, 1.82) is 0 Å². The molecule has 2 aromatic rings. The lowest BCUT2D eigenvalue weighted by Gasteiger charge is -2.06. The predicted molar refractivity (Wildman–Crippen MR) is 68.5 cm³/mol. The number of nitrogens with zero attached hydrogens (tertiary/aromatic N) is 4. The van der Waals surface area contributed by atoms with Crippen LogP contribution in [0, 0.1) is 0 Å². The van der Waals surface area contributed by atoms with E-state index in [-0.39, 0.29) is 0 Å².